The molecule has 5 heterocycles. The zero-order valence-corrected chi connectivity index (χ0v) is 17.3. The molecule has 2 aliphatic heterocycles. The maximum atomic E-state index is 13.5. The number of rotatable bonds is 3. The number of hydrogen-bond acceptors (Lipinski definition) is 5. The minimum absolute atomic E-state index is 0.0148. The van der Waals surface area contributed by atoms with E-state index in [1.54, 1.807) is 17.1 Å². The third-order valence-electron chi connectivity index (χ3n) is 6.49. The van der Waals surface area contributed by atoms with Gasteiger partial charge in [-0.1, -0.05) is 12.1 Å². The van der Waals surface area contributed by atoms with Crippen LogP contribution in [-0.4, -0.2) is 60.5 Å². The fourth-order valence-electron chi connectivity index (χ4n) is 5.11. The molecule has 2 atom stereocenters. The van der Waals surface area contributed by atoms with Crippen LogP contribution in [-0.2, 0) is 7.05 Å². The minimum atomic E-state index is 0.0148. The Balaban J connectivity index is 1.31. The number of aromatic nitrogens is 5. The molecular formula is C23H23N7O. The van der Waals surface area contributed by atoms with Crippen molar-refractivity contribution in [1.82, 2.24) is 29.4 Å². The fraction of sp³-hybridized carbons (Fsp3) is 0.304. The molecule has 1 aromatic carbocycles. The van der Waals surface area contributed by atoms with Crippen LogP contribution in [0.15, 0.2) is 61.1 Å². The van der Waals surface area contributed by atoms with Crippen molar-refractivity contribution in [3.05, 3.63) is 66.6 Å². The summed E-state index contributed by atoms with van der Waals surface area (Å²) in [6, 6.07) is 14.4. The third kappa shape index (κ3) is 2.82. The largest absolute Gasteiger partial charge is 0.345 e. The number of nitrogens with zero attached hydrogens (tertiary/aromatic N) is 7. The van der Waals surface area contributed by atoms with Crippen LogP contribution in [0.4, 0.5) is 5.82 Å². The number of anilines is 1. The first-order valence-electron chi connectivity index (χ1n) is 10.6. The average molecular weight is 413 g/mol. The number of fused-ring (bicyclic) bond motifs is 3. The van der Waals surface area contributed by atoms with E-state index in [1.165, 1.54) is 5.39 Å². The molecule has 156 valence electrons. The zero-order chi connectivity index (χ0) is 20.9. The number of carbonyl (C=O) groups is 1. The van der Waals surface area contributed by atoms with Crippen LogP contribution in [0.2, 0.25) is 0 Å². The summed E-state index contributed by atoms with van der Waals surface area (Å²) in [4.78, 5) is 22.3. The Labute approximate surface area is 179 Å². The highest BCUT2D eigenvalue weighted by Crippen LogP contribution is 2.38. The summed E-state index contributed by atoms with van der Waals surface area (Å²) < 4.78 is 3.60. The molecule has 6 rings (SSSR count). The molecule has 31 heavy (non-hydrogen) atoms. The molecule has 2 aliphatic rings. The highest BCUT2D eigenvalue weighted by molar-refractivity contribution is 5.97. The van der Waals surface area contributed by atoms with Gasteiger partial charge in [-0.05, 0) is 43.2 Å². The van der Waals surface area contributed by atoms with Crippen molar-refractivity contribution >= 4 is 22.6 Å². The van der Waals surface area contributed by atoms with Crippen LogP contribution in [0, 0.1) is 0 Å². The van der Waals surface area contributed by atoms with Crippen molar-refractivity contribution in [3.63, 3.8) is 0 Å². The van der Waals surface area contributed by atoms with Gasteiger partial charge in [-0.15, -0.1) is 0 Å². The number of piperazine rings is 1. The monoisotopic (exact) mass is 413 g/mol. The van der Waals surface area contributed by atoms with Crippen LogP contribution in [0.25, 0.3) is 16.7 Å². The Hall–Kier alpha value is -3.68. The number of para-hydroxylation sites is 1. The first-order valence-corrected chi connectivity index (χ1v) is 10.6. The maximum Gasteiger partial charge on any atom is 0.257 e. The normalized spacial score (nSPS) is 20.5. The standard InChI is InChI=1S/C23H23N7O/c1-27-20-8-3-2-6-18(20)22(26-27)30-16-9-10-17(30)15-28(14-16)23(31)19-7-4-11-24-21(19)29-13-5-12-25-29/h2-8,11-13,16-17H,9-10,14-15H2,1H3. The highest BCUT2D eigenvalue weighted by atomic mass is 16.2. The first kappa shape index (κ1) is 18.1. The second-order valence-electron chi connectivity index (χ2n) is 8.29. The van der Waals surface area contributed by atoms with Gasteiger partial charge < -0.3 is 9.80 Å². The van der Waals surface area contributed by atoms with E-state index < -0.39 is 0 Å². The summed E-state index contributed by atoms with van der Waals surface area (Å²) in [5.74, 6) is 1.63. The summed E-state index contributed by atoms with van der Waals surface area (Å²) in [5, 5.41) is 10.3. The smallest absolute Gasteiger partial charge is 0.257 e. The number of benzene rings is 1. The second kappa shape index (κ2) is 6.94. The molecule has 1 amide bonds. The van der Waals surface area contributed by atoms with Gasteiger partial charge >= 0.3 is 0 Å². The van der Waals surface area contributed by atoms with Crippen LogP contribution in [0.1, 0.15) is 23.2 Å². The number of amides is 1. The Bertz CT molecular complexity index is 1250. The molecule has 0 saturated carbocycles. The van der Waals surface area contributed by atoms with E-state index in [0.717, 1.165) is 24.2 Å². The van der Waals surface area contributed by atoms with E-state index in [9.17, 15) is 4.79 Å². The van der Waals surface area contributed by atoms with Crippen LogP contribution >= 0.6 is 0 Å². The number of carbonyl (C=O) groups excluding carboxylic acids is 1. The van der Waals surface area contributed by atoms with Crippen molar-refractivity contribution in [1.29, 1.82) is 0 Å². The molecule has 2 unspecified atom stereocenters. The van der Waals surface area contributed by atoms with Gasteiger partial charge in [-0.3, -0.25) is 9.48 Å². The van der Waals surface area contributed by atoms with E-state index in [4.69, 9.17) is 5.10 Å². The van der Waals surface area contributed by atoms with Gasteiger partial charge in [0.2, 0.25) is 0 Å². The summed E-state index contributed by atoms with van der Waals surface area (Å²) in [6.07, 6.45) is 7.34. The van der Waals surface area contributed by atoms with Gasteiger partial charge in [-0.2, -0.15) is 10.2 Å². The van der Waals surface area contributed by atoms with Crippen molar-refractivity contribution in [2.24, 2.45) is 7.05 Å². The highest BCUT2D eigenvalue weighted by Gasteiger charge is 2.43. The van der Waals surface area contributed by atoms with Crippen molar-refractivity contribution in [2.75, 3.05) is 18.0 Å². The number of pyridine rings is 1. The van der Waals surface area contributed by atoms with Crippen LogP contribution in [0.3, 0.4) is 0 Å². The Morgan fingerprint density at radius 2 is 1.77 bits per heavy atom. The molecular weight excluding hydrogens is 390 g/mol. The molecule has 8 nitrogen and oxygen atoms in total. The summed E-state index contributed by atoms with van der Waals surface area (Å²) >= 11 is 0. The summed E-state index contributed by atoms with van der Waals surface area (Å²) in [5.41, 5.74) is 1.72. The summed E-state index contributed by atoms with van der Waals surface area (Å²) in [6.45, 7) is 1.38. The Morgan fingerprint density at radius 1 is 0.968 bits per heavy atom. The van der Waals surface area contributed by atoms with Crippen molar-refractivity contribution in [3.8, 4) is 5.82 Å². The van der Waals surface area contributed by atoms with E-state index in [2.05, 4.69) is 33.2 Å². The van der Waals surface area contributed by atoms with Crippen LogP contribution < -0.4 is 4.90 Å². The molecule has 2 fully saturated rings. The third-order valence-corrected chi connectivity index (χ3v) is 6.49. The van der Waals surface area contributed by atoms with E-state index in [-0.39, 0.29) is 18.0 Å². The lowest BCUT2D eigenvalue weighted by Crippen LogP contribution is -2.55. The van der Waals surface area contributed by atoms with E-state index in [1.807, 2.05) is 47.1 Å². The predicted octanol–water partition coefficient (Wildman–Crippen LogP) is 2.65. The number of aryl methyl sites for hydroxylation is 1. The molecule has 0 spiro atoms. The lowest BCUT2D eigenvalue weighted by atomic mass is 10.1. The van der Waals surface area contributed by atoms with Crippen molar-refractivity contribution < 1.29 is 4.79 Å². The van der Waals surface area contributed by atoms with Gasteiger partial charge in [-0.25, -0.2) is 9.67 Å². The van der Waals surface area contributed by atoms with Gasteiger partial charge in [0.15, 0.2) is 11.6 Å². The van der Waals surface area contributed by atoms with Gasteiger partial charge in [0.05, 0.1) is 11.1 Å². The number of hydrogen-bond donors (Lipinski definition) is 0. The second-order valence-corrected chi connectivity index (χ2v) is 8.29. The molecule has 3 aromatic heterocycles. The molecule has 4 aromatic rings. The fourth-order valence-corrected chi connectivity index (χ4v) is 5.11. The molecule has 2 saturated heterocycles. The molecule has 0 radical (unpaired) electrons. The Kier molecular flexibility index (Phi) is 4.05. The molecule has 8 heteroatoms. The van der Waals surface area contributed by atoms with Gasteiger partial charge in [0, 0.05) is 56.2 Å². The molecule has 0 aliphatic carbocycles. The Morgan fingerprint density at radius 3 is 2.55 bits per heavy atom. The SMILES string of the molecule is Cn1nc(N2C3CCC2CN(C(=O)c2cccnc2-n2cccn2)C3)c2ccccc21. The summed E-state index contributed by atoms with van der Waals surface area (Å²) in [7, 11) is 1.99. The average Bonchev–Trinajstić information content (AvgIpc) is 3.51. The minimum Gasteiger partial charge on any atom is -0.345 e. The lowest BCUT2D eigenvalue weighted by Gasteiger charge is -2.41. The molecule has 2 bridgehead atoms. The quantitative estimate of drug-likeness (QED) is 0.516. The van der Waals surface area contributed by atoms with Crippen LogP contribution in [0.5, 0.6) is 0 Å². The topological polar surface area (TPSA) is 72.1 Å². The predicted molar refractivity (Wildman–Crippen MR) is 117 cm³/mol. The maximum absolute atomic E-state index is 13.5. The molecule has 0 N–H and O–H groups in total. The first-order chi connectivity index (χ1) is 15.2. The lowest BCUT2D eigenvalue weighted by molar-refractivity contribution is 0.0717. The number of likely N-dealkylation sites (tertiary alicyclic amines) is 1. The van der Waals surface area contributed by atoms with Gasteiger partial charge in [0.1, 0.15) is 0 Å². The van der Waals surface area contributed by atoms with E-state index in [0.29, 0.717) is 24.5 Å². The van der Waals surface area contributed by atoms with Crippen molar-refractivity contribution in [2.45, 2.75) is 24.9 Å². The zero-order valence-electron chi connectivity index (χ0n) is 17.3. The van der Waals surface area contributed by atoms with E-state index >= 15 is 0 Å². The van der Waals surface area contributed by atoms with Gasteiger partial charge in [0.25, 0.3) is 5.91 Å².